The van der Waals surface area contributed by atoms with Crippen molar-refractivity contribution < 1.29 is 4.79 Å². The Morgan fingerprint density at radius 1 is 1.56 bits per heavy atom. The Morgan fingerprint density at radius 3 is 3.12 bits per heavy atom. The van der Waals surface area contributed by atoms with Crippen molar-refractivity contribution in [1.29, 1.82) is 0 Å². The number of likely N-dealkylation sites (N-methyl/N-ethyl adjacent to an activating group) is 1. The van der Waals surface area contributed by atoms with Gasteiger partial charge in [0.1, 0.15) is 0 Å². The van der Waals surface area contributed by atoms with Gasteiger partial charge in [0.25, 0.3) is 0 Å². The Hall–Kier alpha value is -1.00. The monoisotopic (exact) mass is 236 g/mol. The minimum Gasteiger partial charge on any atom is -0.284 e. The molecular weight excluding hydrogens is 220 g/mol. The quantitative estimate of drug-likeness (QED) is 0.482. The molecule has 86 valence electrons. The Labute approximate surface area is 100.0 Å². The first-order chi connectivity index (χ1) is 7.66. The van der Waals surface area contributed by atoms with Gasteiger partial charge in [0, 0.05) is 11.9 Å². The Balaban J connectivity index is 2.14. The SMILES string of the molecule is CN(N)C(=O)Cc1ccc2c(c1)CCCS2. The van der Waals surface area contributed by atoms with E-state index >= 15 is 0 Å². The molecule has 2 N–H and O–H groups in total. The van der Waals surface area contributed by atoms with E-state index in [-0.39, 0.29) is 5.91 Å². The summed E-state index contributed by atoms with van der Waals surface area (Å²) in [6.45, 7) is 0. The van der Waals surface area contributed by atoms with Gasteiger partial charge in [0.15, 0.2) is 0 Å². The van der Waals surface area contributed by atoms with Crippen LogP contribution in [0.1, 0.15) is 17.5 Å². The van der Waals surface area contributed by atoms with Crippen LogP contribution in [-0.4, -0.2) is 23.7 Å². The number of carbonyl (C=O) groups excluding carboxylic acids is 1. The van der Waals surface area contributed by atoms with Crippen LogP contribution in [-0.2, 0) is 17.6 Å². The molecule has 0 saturated carbocycles. The average molecular weight is 236 g/mol. The Bertz CT molecular complexity index is 404. The van der Waals surface area contributed by atoms with E-state index in [9.17, 15) is 4.79 Å². The Kier molecular flexibility index (Phi) is 3.51. The smallest absolute Gasteiger partial charge is 0.240 e. The molecule has 0 spiro atoms. The highest BCUT2D eigenvalue weighted by molar-refractivity contribution is 7.99. The highest BCUT2D eigenvalue weighted by Crippen LogP contribution is 2.30. The van der Waals surface area contributed by atoms with Crippen molar-refractivity contribution in [3.8, 4) is 0 Å². The van der Waals surface area contributed by atoms with Gasteiger partial charge < -0.3 is 0 Å². The highest BCUT2D eigenvalue weighted by Gasteiger charge is 2.12. The fourth-order valence-electron chi connectivity index (χ4n) is 1.82. The number of rotatable bonds is 2. The van der Waals surface area contributed by atoms with Gasteiger partial charge in [-0.15, -0.1) is 11.8 Å². The predicted octanol–water partition coefficient (Wildman–Crippen LogP) is 1.60. The number of nitrogens with two attached hydrogens (primary N) is 1. The second-order valence-electron chi connectivity index (χ2n) is 4.08. The van der Waals surface area contributed by atoms with Crippen molar-refractivity contribution in [2.24, 2.45) is 5.84 Å². The normalized spacial score (nSPS) is 14.4. The molecule has 1 amide bonds. The van der Waals surface area contributed by atoms with Gasteiger partial charge in [-0.1, -0.05) is 12.1 Å². The summed E-state index contributed by atoms with van der Waals surface area (Å²) < 4.78 is 0. The molecule has 0 saturated heterocycles. The number of amides is 1. The van der Waals surface area contributed by atoms with Crippen molar-refractivity contribution in [2.75, 3.05) is 12.8 Å². The first kappa shape index (κ1) is 11.5. The number of benzene rings is 1. The largest absolute Gasteiger partial charge is 0.284 e. The first-order valence-electron chi connectivity index (χ1n) is 5.42. The minimum atomic E-state index is -0.0524. The van der Waals surface area contributed by atoms with Crippen LogP contribution >= 0.6 is 11.8 Å². The van der Waals surface area contributed by atoms with E-state index in [2.05, 4.69) is 12.1 Å². The van der Waals surface area contributed by atoms with Crippen LogP contribution in [0.5, 0.6) is 0 Å². The van der Waals surface area contributed by atoms with Gasteiger partial charge >= 0.3 is 0 Å². The molecular formula is C12H16N2OS. The number of hydrogen-bond acceptors (Lipinski definition) is 3. The molecule has 0 unspecified atom stereocenters. The summed E-state index contributed by atoms with van der Waals surface area (Å²) in [5.41, 5.74) is 2.43. The van der Waals surface area contributed by atoms with Gasteiger partial charge in [0.2, 0.25) is 5.91 Å². The van der Waals surface area contributed by atoms with E-state index in [0.29, 0.717) is 6.42 Å². The fourth-order valence-corrected chi connectivity index (χ4v) is 2.84. The lowest BCUT2D eigenvalue weighted by Crippen LogP contribution is -2.34. The molecule has 0 radical (unpaired) electrons. The molecule has 1 aromatic carbocycles. The number of hydrogen-bond donors (Lipinski definition) is 1. The summed E-state index contributed by atoms with van der Waals surface area (Å²) >= 11 is 1.90. The summed E-state index contributed by atoms with van der Waals surface area (Å²) in [4.78, 5) is 12.8. The zero-order chi connectivity index (χ0) is 11.5. The van der Waals surface area contributed by atoms with Crippen molar-refractivity contribution in [1.82, 2.24) is 5.01 Å². The molecule has 1 heterocycles. The maximum absolute atomic E-state index is 11.5. The molecule has 1 aliphatic rings. The molecule has 1 aromatic rings. The topological polar surface area (TPSA) is 46.3 Å². The molecule has 3 nitrogen and oxygen atoms in total. The summed E-state index contributed by atoms with van der Waals surface area (Å²) in [7, 11) is 1.58. The van der Waals surface area contributed by atoms with Crippen molar-refractivity contribution in [2.45, 2.75) is 24.2 Å². The van der Waals surface area contributed by atoms with E-state index in [1.165, 1.54) is 22.6 Å². The number of nitrogens with zero attached hydrogens (tertiary/aromatic N) is 1. The number of fused-ring (bicyclic) bond motifs is 1. The van der Waals surface area contributed by atoms with Gasteiger partial charge in [-0.2, -0.15) is 0 Å². The van der Waals surface area contributed by atoms with Crippen LogP contribution in [0.25, 0.3) is 0 Å². The predicted molar refractivity (Wildman–Crippen MR) is 66.1 cm³/mol. The maximum Gasteiger partial charge on any atom is 0.240 e. The van der Waals surface area contributed by atoms with E-state index in [0.717, 1.165) is 17.0 Å². The van der Waals surface area contributed by atoms with Crippen LogP contribution in [0.3, 0.4) is 0 Å². The van der Waals surface area contributed by atoms with Crippen molar-refractivity contribution >= 4 is 17.7 Å². The highest BCUT2D eigenvalue weighted by atomic mass is 32.2. The van der Waals surface area contributed by atoms with E-state index in [4.69, 9.17) is 5.84 Å². The van der Waals surface area contributed by atoms with Gasteiger partial charge in [-0.25, -0.2) is 5.84 Å². The summed E-state index contributed by atoms with van der Waals surface area (Å²) in [6.07, 6.45) is 2.75. The zero-order valence-electron chi connectivity index (χ0n) is 9.40. The third kappa shape index (κ3) is 2.57. The number of carbonyl (C=O) groups is 1. The lowest BCUT2D eigenvalue weighted by Gasteiger charge is -2.16. The van der Waals surface area contributed by atoms with E-state index < -0.39 is 0 Å². The third-order valence-corrected chi connectivity index (χ3v) is 3.92. The van der Waals surface area contributed by atoms with Crippen LogP contribution < -0.4 is 5.84 Å². The van der Waals surface area contributed by atoms with Crippen molar-refractivity contribution in [3.63, 3.8) is 0 Å². The fraction of sp³-hybridized carbons (Fsp3) is 0.417. The second-order valence-corrected chi connectivity index (χ2v) is 5.21. The summed E-state index contributed by atoms with van der Waals surface area (Å²) in [6, 6.07) is 6.29. The van der Waals surface area contributed by atoms with Crippen LogP contribution in [0.4, 0.5) is 0 Å². The molecule has 0 aromatic heterocycles. The standard InChI is InChI=1S/C12H16N2OS/c1-14(13)12(15)8-9-4-5-11-10(7-9)3-2-6-16-11/h4-5,7H,2-3,6,8,13H2,1H3. The lowest BCUT2D eigenvalue weighted by atomic mass is 10.0. The second kappa shape index (κ2) is 4.89. The van der Waals surface area contributed by atoms with E-state index in [1.54, 1.807) is 7.05 Å². The summed E-state index contributed by atoms with van der Waals surface area (Å²) in [5.74, 6) is 6.55. The number of hydrazine groups is 1. The third-order valence-electron chi connectivity index (χ3n) is 2.72. The van der Waals surface area contributed by atoms with Crippen LogP contribution in [0.2, 0.25) is 0 Å². The van der Waals surface area contributed by atoms with Crippen molar-refractivity contribution in [3.05, 3.63) is 29.3 Å². The zero-order valence-corrected chi connectivity index (χ0v) is 10.2. The number of thioether (sulfide) groups is 1. The van der Waals surface area contributed by atoms with Crippen LogP contribution in [0, 0.1) is 0 Å². The summed E-state index contributed by atoms with van der Waals surface area (Å²) in [5, 5.41) is 1.15. The lowest BCUT2D eigenvalue weighted by molar-refractivity contribution is -0.129. The van der Waals surface area contributed by atoms with Gasteiger partial charge in [0.05, 0.1) is 6.42 Å². The number of aryl methyl sites for hydroxylation is 1. The van der Waals surface area contributed by atoms with Gasteiger partial charge in [-0.3, -0.25) is 9.80 Å². The first-order valence-corrected chi connectivity index (χ1v) is 6.41. The molecule has 0 bridgehead atoms. The molecule has 0 fully saturated rings. The minimum absolute atomic E-state index is 0.0524. The molecule has 2 rings (SSSR count). The van der Waals surface area contributed by atoms with Crippen LogP contribution in [0.15, 0.2) is 23.1 Å². The molecule has 16 heavy (non-hydrogen) atoms. The van der Waals surface area contributed by atoms with Gasteiger partial charge in [-0.05, 0) is 35.8 Å². The molecule has 0 atom stereocenters. The molecule has 4 heteroatoms. The van der Waals surface area contributed by atoms with E-state index in [1.807, 2.05) is 17.8 Å². The molecule has 1 aliphatic heterocycles. The maximum atomic E-state index is 11.5. The Morgan fingerprint density at radius 2 is 2.38 bits per heavy atom. The molecule has 0 aliphatic carbocycles. The average Bonchev–Trinajstić information content (AvgIpc) is 2.28.